The summed E-state index contributed by atoms with van der Waals surface area (Å²) in [7, 11) is -3.61. The first-order valence-electron chi connectivity index (χ1n) is 11.6. The van der Waals surface area contributed by atoms with Gasteiger partial charge in [-0.15, -0.1) is 0 Å². The quantitative estimate of drug-likeness (QED) is 0.727. The highest BCUT2D eigenvalue weighted by Gasteiger charge is 2.38. The fourth-order valence-electron chi connectivity index (χ4n) is 4.75. The molecular weight excluding hydrogens is 438 g/mol. The summed E-state index contributed by atoms with van der Waals surface area (Å²) in [4.78, 5) is 27.3. The highest BCUT2D eigenvalue weighted by Crippen LogP contribution is 2.35. The predicted molar refractivity (Wildman–Crippen MR) is 127 cm³/mol. The van der Waals surface area contributed by atoms with Crippen LogP contribution in [0.4, 0.5) is 5.69 Å². The second kappa shape index (κ2) is 9.65. The SMILES string of the molecule is CC(=O)N1c2ccc(S(=O)(=O)N3CCCCCC3)cc2C[C@@H]1C(=O)N[C@@H](C)c1ccccc1. The van der Waals surface area contributed by atoms with E-state index in [-0.39, 0.29) is 29.2 Å². The maximum Gasteiger partial charge on any atom is 0.244 e. The van der Waals surface area contributed by atoms with Crippen molar-refractivity contribution < 1.29 is 18.0 Å². The van der Waals surface area contributed by atoms with Crippen LogP contribution in [0, 0.1) is 0 Å². The summed E-state index contributed by atoms with van der Waals surface area (Å²) in [6, 6.07) is 13.6. The van der Waals surface area contributed by atoms with Crippen LogP contribution in [0.1, 0.15) is 56.7 Å². The Morgan fingerprint density at radius 2 is 1.67 bits per heavy atom. The summed E-state index contributed by atoms with van der Waals surface area (Å²) in [5.74, 6) is -0.501. The Bertz CT molecular complexity index is 1130. The lowest BCUT2D eigenvalue weighted by atomic mass is 10.1. The average molecular weight is 470 g/mol. The zero-order valence-electron chi connectivity index (χ0n) is 19.2. The third-order valence-corrected chi connectivity index (χ3v) is 8.43. The molecule has 1 N–H and O–H groups in total. The number of hydrogen-bond acceptors (Lipinski definition) is 4. The van der Waals surface area contributed by atoms with Crippen LogP contribution in [0.3, 0.4) is 0 Å². The fourth-order valence-corrected chi connectivity index (χ4v) is 6.32. The molecule has 33 heavy (non-hydrogen) atoms. The Balaban J connectivity index is 1.57. The number of carbonyl (C=O) groups is 2. The molecule has 0 aliphatic carbocycles. The highest BCUT2D eigenvalue weighted by atomic mass is 32.2. The lowest BCUT2D eigenvalue weighted by Gasteiger charge is -2.25. The van der Waals surface area contributed by atoms with Crippen LogP contribution in [0.25, 0.3) is 0 Å². The Morgan fingerprint density at radius 3 is 2.30 bits per heavy atom. The summed E-state index contributed by atoms with van der Waals surface area (Å²) in [6.45, 7) is 4.39. The summed E-state index contributed by atoms with van der Waals surface area (Å²) in [6.07, 6.45) is 4.10. The van der Waals surface area contributed by atoms with Gasteiger partial charge in [-0.3, -0.25) is 14.5 Å². The molecule has 2 heterocycles. The molecule has 0 unspecified atom stereocenters. The van der Waals surface area contributed by atoms with Crippen molar-refractivity contribution in [1.82, 2.24) is 9.62 Å². The molecule has 1 fully saturated rings. The van der Waals surface area contributed by atoms with Crippen molar-refractivity contribution in [2.24, 2.45) is 0 Å². The molecule has 2 aromatic carbocycles. The fraction of sp³-hybridized carbons (Fsp3) is 0.440. The molecule has 8 heteroatoms. The molecule has 0 aromatic heterocycles. The summed E-state index contributed by atoms with van der Waals surface area (Å²) in [5.41, 5.74) is 2.28. The Morgan fingerprint density at radius 1 is 1.00 bits per heavy atom. The van der Waals surface area contributed by atoms with Crippen molar-refractivity contribution in [3.63, 3.8) is 0 Å². The molecule has 2 aliphatic heterocycles. The molecule has 2 aliphatic rings. The van der Waals surface area contributed by atoms with E-state index in [0.717, 1.165) is 31.2 Å². The first-order valence-corrected chi connectivity index (χ1v) is 13.0. The van der Waals surface area contributed by atoms with E-state index >= 15 is 0 Å². The van der Waals surface area contributed by atoms with Crippen molar-refractivity contribution in [1.29, 1.82) is 0 Å². The van der Waals surface area contributed by atoms with E-state index < -0.39 is 16.1 Å². The Kier molecular flexibility index (Phi) is 6.86. The largest absolute Gasteiger partial charge is 0.348 e. The van der Waals surface area contributed by atoms with Crippen molar-refractivity contribution in [3.05, 3.63) is 59.7 Å². The Hall–Kier alpha value is -2.71. The smallest absolute Gasteiger partial charge is 0.244 e. The molecule has 176 valence electrons. The van der Waals surface area contributed by atoms with Crippen LogP contribution in [0.5, 0.6) is 0 Å². The molecule has 2 atom stereocenters. The van der Waals surface area contributed by atoms with E-state index in [1.807, 2.05) is 37.3 Å². The first kappa shape index (κ1) is 23.4. The third kappa shape index (κ3) is 4.82. The minimum absolute atomic E-state index is 0.213. The second-order valence-electron chi connectivity index (χ2n) is 8.86. The zero-order valence-corrected chi connectivity index (χ0v) is 20.0. The molecule has 1 saturated heterocycles. The van der Waals surface area contributed by atoms with Gasteiger partial charge in [0.15, 0.2) is 0 Å². The maximum absolute atomic E-state index is 13.2. The van der Waals surface area contributed by atoms with Crippen molar-refractivity contribution in [2.75, 3.05) is 18.0 Å². The van der Waals surface area contributed by atoms with Gasteiger partial charge in [-0.05, 0) is 49.1 Å². The monoisotopic (exact) mass is 469 g/mol. The van der Waals surface area contributed by atoms with Gasteiger partial charge in [0.1, 0.15) is 6.04 Å². The van der Waals surface area contributed by atoms with Crippen LogP contribution in [0.15, 0.2) is 53.4 Å². The molecule has 0 saturated carbocycles. The number of sulfonamides is 1. The van der Waals surface area contributed by atoms with Gasteiger partial charge >= 0.3 is 0 Å². The first-order chi connectivity index (χ1) is 15.8. The minimum Gasteiger partial charge on any atom is -0.348 e. The number of anilines is 1. The molecule has 4 rings (SSSR count). The molecule has 0 bridgehead atoms. The van der Waals surface area contributed by atoms with Gasteiger partial charge in [0, 0.05) is 32.1 Å². The summed E-state index contributed by atoms with van der Waals surface area (Å²) >= 11 is 0. The predicted octanol–water partition coefficient (Wildman–Crippen LogP) is 3.41. The van der Waals surface area contributed by atoms with Gasteiger partial charge < -0.3 is 5.32 Å². The van der Waals surface area contributed by atoms with Crippen LogP contribution in [0.2, 0.25) is 0 Å². The van der Waals surface area contributed by atoms with Crippen molar-refractivity contribution in [3.8, 4) is 0 Å². The van der Waals surface area contributed by atoms with E-state index in [9.17, 15) is 18.0 Å². The highest BCUT2D eigenvalue weighted by molar-refractivity contribution is 7.89. The topological polar surface area (TPSA) is 86.8 Å². The summed E-state index contributed by atoms with van der Waals surface area (Å²) < 4.78 is 28.0. The number of benzene rings is 2. The van der Waals surface area contributed by atoms with Crippen molar-refractivity contribution in [2.45, 2.75) is 62.9 Å². The third-order valence-electron chi connectivity index (χ3n) is 6.54. The number of nitrogens with one attached hydrogen (secondary N) is 1. The standard InChI is InChI=1S/C25H31N3O4S/c1-18(20-10-6-5-7-11-20)26-25(30)24-17-21-16-22(12-13-23(21)28(24)19(2)29)33(31,32)27-14-8-3-4-9-15-27/h5-7,10-13,16,18,24H,3-4,8-9,14-15,17H2,1-2H3,(H,26,30)/t18-,24+/m0/s1. The van der Waals surface area contributed by atoms with E-state index in [2.05, 4.69) is 5.32 Å². The van der Waals surface area contributed by atoms with Gasteiger partial charge in [0.05, 0.1) is 10.9 Å². The normalized spacial score (nSPS) is 20.1. The van der Waals surface area contributed by atoms with Crippen LogP contribution >= 0.6 is 0 Å². The zero-order chi connectivity index (χ0) is 23.6. The van der Waals surface area contributed by atoms with Crippen molar-refractivity contribution >= 4 is 27.5 Å². The second-order valence-corrected chi connectivity index (χ2v) is 10.8. The number of amides is 2. The molecule has 2 aromatic rings. The Labute approximate surface area is 195 Å². The van der Waals surface area contributed by atoms with Crippen LogP contribution in [-0.4, -0.2) is 43.7 Å². The number of hydrogen-bond donors (Lipinski definition) is 1. The van der Waals surface area contributed by atoms with E-state index in [1.165, 1.54) is 11.8 Å². The summed E-state index contributed by atoms with van der Waals surface area (Å²) in [5, 5.41) is 3.00. The molecule has 0 spiro atoms. The average Bonchev–Trinajstić information content (AvgIpc) is 2.97. The molecule has 2 amide bonds. The lowest BCUT2D eigenvalue weighted by molar-refractivity contribution is -0.126. The van der Waals surface area contributed by atoms with E-state index in [4.69, 9.17) is 0 Å². The molecular formula is C25H31N3O4S. The number of nitrogens with zero attached hydrogens (tertiary/aromatic N) is 2. The van der Waals surface area contributed by atoms with E-state index in [1.54, 1.807) is 22.5 Å². The van der Waals surface area contributed by atoms with Gasteiger partial charge in [0.2, 0.25) is 21.8 Å². The van der Waals surface area contributed by atoms with Crippen LogP contribution in [-0.2, 0) is 26.0 Å². The number of rotatable bonds is 5. The lowest BCUT2D eigenvalue weighted by Crippen LogP contribution is -2.47. The van der Waals surface area contributed by atoms with Gasteiger partial charge in [-0.25, -0.2) is 8.42 Å². The minimum atomic E-state index is -3.61. The van der Waals surface area contributed by atoms with Gasteiger partial charge in [-0.2, -0.15) is 4.31 Å². The van der Waals surface area contributed by atoms with Gasteiger partial charge in [0.25, 0.3) is 0 Å². The molecule has 0 radical (unpaired) electrons. The van der Waals surface area contributed by atoms with Crippen LogP contribution < -0.4 is 10.2 Å². The van der Waals surface area contributed by atoms with Gasteiger partial charge in [-0.1, -0.05) is 43.2 Å². The number of carbonyl (C=O) groups excluding carboxylic acids is 2. The molecule has 7 nitrogen and oxygen atoms in total. The number of fused-ring (bicyclic) bond motifs is 1. The van der Waals surface area contributed by atoms with E-state index in [0.29, 0.717) is 24.3 Å². The maximum atomic E-state index is 13.2.